The zero-order chi connectivity index (χ0) is 12.0. The zero-order valence-corrected chi connectivity index (χ0v) is 10.5. The number of ketones is 1. The molecule has 0 aromatic heterocycles. The number of hydrogen-bond acceptors (Lipinski definition) is 1. The average molecular weight is 237 g/mol. The van der Waals surface area contributed by atoms with Crippen LogP contribution >= 0.6 is 11.6 Å². The molecule has 0 heterocycles. The molecule has 0 N–H and O–H groups in total. The molecule has 0 bridgehead atoms. The number of alkyl halides is 1. The normalized spacial score (nSPS) is 11.2. The second-order valence-corrected chi connectivity index (χ2v) is 4.54. The number of hydrogen-bond donors (Lipinski definition) is 0. The van der Waals surface area contributed by atoms with Crippen LogP contribution in [-0.4, -0.2) is 11.7 Å². The molecule has 86 valence electrons. The Morgan fingerprint density at radius 3 is 2.44 bits per heavy atom. The van der Waals surface area contributed by atoms with Gasteiger partial charge in [0.2, 0.25) is 0 Å². The van der Waals surface area contributed by atoms with Crippen LogP contribution in [0.1, 0.15) is 25.0 Å². The summed E-state index contributed by atoms with van der Waals surface area (Å²) in [7, 11) is 0. The molecule has 0 fully saturated rings. The molecule has 0 radical (unpaired) electrons. The summed E-state index contributed by atoms with van der Waals surface area (Å²) >= 11 is 5.40. The average Bonchev–Trinajstić information content (AvgIpc) is 2.27. The highest BCUT2D eigenvalue weighted by molar-refractivity contribution is 6.29. The topological polar surface area (TPSA) is 17.1 Å². The van der Waals surface area contributed by atoms with Gasteiger partial charge in [0.15, 0.2) is 5.78 Å². The smallest absolute Gasteiger partial charge is 0.170 e. The van der Waals surface area contributed by atoms with Crippen molar-refractivity contribution in [3.63, 3.8) is 0 Å². The first-order valence-corrected chi connectivity index (χ1v) is 6.01. The van der Waals surface area contributed by atoms with Gasteiger partial charge in [-0.15, -0.1) is 11.6 Å². The second-order valence-electron chi connectivity index (χ2n) is 4.27. The van der Waals surface area contributed by atoms with Gasteiger partial charge in [-0.05, 0) is 29.5 Å². The number of rotatable bonds is 5. The van der Waals surface area contributed by atoms with Crippen LogP contribution in [-0.2, 0) is 11.2 Å². The van der Waals surface area contributed by atoms with E-state index in [2.05, 4.69) is 26.0 Å². The summed E-state index contributed by atoms with van der Waals surface area (Å²) < 4.78 is 0. The van der Waals surface area contributed by atoms with E-state index < -0.39 is 0 Å². The van der Waals surface area contributed by atoms with Gasteiger partial charge in [-0.3, -0.25) is 4.79 Å². The lowest BCUT2D eigenvalue weighted by molar-refractivity contribution is -0.112. The number of carbonyl (C=O) groups is 1. The first-order valence-electron chi connectivity index (χ1n) is 5.47. The van der Waals surface area contributed by atoms with E-state index in [0.717, 1.165) is 12.0 Å². The van der Waals surface area contributed by atoms with Gasteiger partial charge < -0.3 is 0 Å². The molecule has 1 aromatic rings. The summed E-state index contributed by atoms with van der Waals surface area (Å²) in [6.07, 6.45) is 4.40. The van der Waals surface area contributed by atoms with E-state index in [4.69, 9.17) is 11.6 Å². The summed E-state index contributed by atoms with van der Waals surface area (Å²) in [6, 6.07) is 8.25. The minimum atomic E-state index is -0.0621. The molecule has 0 amide bonds. The molecule has 0 saturated carbocycles. The summed E-state index contributed by atoms with van der Waals surface area (Å²) in [5, 5.41) is 0. The lowest BCUT2D eigenvalue weighted by Gasteiger charge is -2.04. The number of allylic oxidation sites excluding steroid dienone is 1. The third kappa shape index (κ3) is 4.63. The van der Waals surface area contributed by atoms with Gasteiger partial charge >= 0.3 is 0 Å². The Morgan fingerprint density at radius 1 is 1.31 bits per heavy atom. The molecule has 1 nitrogen and oxygen atoms in total. The van der Waals surface area contributed by atoms with E-state index >= 15 is 0 Å². The highest BCUT2D eigenvalue weighted by atomic mass is 35.5. The van der Waals surface area contributed by atoms with E-state index in [-0.39, 0.29) is 11.7 Å². The van der Waals surface area contributed by atoms with Crippen molar-refractivity contribution in [2.45, 2.75) is 20.3 Å². The maximum Gasteiger partial charge on any atom is 0.170 e. The highest BCUT2D eigenvalue weighted by Gasteiger charge is 1.97. The summed E-state index contributed by atoms with van der Waals surface area (Å²) in [5.41, 5.74) is 2.36. The predicted molar refractivity (Wildman–Crippen MR) is 69.7 cm³/mol. The maximum absolute atomic E-state index is 11.0. The van der Waals surface area contributed by atoms with Gasteiger partial charge in [-0.25, -0.2) is 0 Å². The Bertz CT molecular complexity index is 363. The summed E-state index contributed by atoms with van der Waals surface area (Å²) in [4.78, 5) is 11.0. The van der Waals surface area contributed by atoms with Crippen LogP contribution in [0, 0.1) is 5.92 Å². The van der Waals surface area contributed by atoms with Crippen LogP contribution < -0.4 is 0 Å². The van der Waals surface area contributed by atoms with Crippen molar-refractivity contribution in [1.29, 1.82) is 0 Å². The molecule has 0 aliphatic rings. The van der Waals surface area contributed by atoms with E-state index in [1.54, 1.807) is 6.08 Å². The fraction of sp³-hybridized carbons (Fsp3) is 0.357. The Kier molecular flexibility index (Phi) is 5.27. The Hall–Kier alpha value is -1.08. The first kappa shape index (κ1) is 13.0. The van der Waals surface area contributed by atoms with Gasteiger partial charge in [0, 0.05) is 0 Å². The van der Waals surface area contributed by atoms with Crippen LogP contribution in [0.25, 0.3) is 6.08 Å². The van der Waals surface area contributed by atoms with Gasteiger partial charge in [-0.1, -0.05) is 44.2 Å². The summed E-state index contributed by atoms with van der Waals surface area (Å²) in [5.74, 6) is 0.647. The molecule has 2 heteroatoms. The molecule has 0 atom stereocenters. The second kappa shape index (κ2) is 6.49. The van der Waals surface area contributed by atoms with Crippen LogP contribution in [0.5, 0.6) is 0 Å². The highest BCUT2D eigenvalue weighted by Crippen LogP contribution is 2.10. The van der Waals surface area contributed by atoms with Crippen LogP contribution in [0.2, 0.25) is 0 Å². The monoisotopic (exact) mass is 236 g/mol. The van der Waals surface area contributed by atoms with Crippen molar-refractivity contribution in [1.82, 2.24) is 0 Å². The fourth-order valence-corrected chi connectivity index (χ4v) is 1.56. The SMILES string of the molecule is CC(C)Cc1ccc(C=CC(=O)CCl)cc1. The van der Waals surface area contributed by atoms with E-state index in [9.17, 15) is 4.79 Å². The number of carbonyl (C=O) groups excluding carboxylic acids is 1. The lowest BCUT2D eigenvalue weighted by Crippen LogP contribution is -1.94. The van der Waals surface area contributed by atoms with Crippen LogP contribution in [0.15, 0.2) is 30.3 Å². The molecular formula is C14H17ClO. The van der Waals surface area contributed by atoms with E-state index in [1.165, 1.54) is 11.6 Å². The van der Waals surface area contributed by atoms with E-state index in [0.29, 0.717) is 5.92 Å². The zero-order valence-electron chi connectivity index (χ0n) is 9.74. The van der Waals surface area contributed by atoms with Crippen molar-refractivity contribution >= 4 is 23.5 Å². The number of halogens is 1. The molecule has 0 spiro atoms. The van der Waals surface area contributed by atoms with Crippen molar-refractivity contribution in [2.75, 3.05) is 5.88 Å². The molecule has 0 saturated heterocycles. The first-order chi connectivity index (χ1) is 7.61. The third-order valence-electron chi connectivity index (χ3n) is 2.22. The van der Waals surface area contributed by atoms with Gasteiger partial charge in [0.05, 0.1) is 5.88 Å². The van der Waals surface area contributed by atoms with Gasteiger partial charge in [0.25, 0.3) is 0 Å². The van der Waals surface area contributed by atoms with Crippen molar-refractivity contribution in [3.05, 3.63) is 41.5 Å². The maximum atomic E-state index is 11.0. The minimum absolute atomic E-state index is 0.0436. The molecule has 16 heavy (non-hydrogen) atoms. The Morgan fingerprint density at radius 2 is 1.94 bits per heavy atom. The van der Waals surface area contributed by atoms with Crippen LogP contribution in [0.4, 0.5) is 0 Å². The fourth-order valence-electron chi connectivity index (χ4n) is 1.47. The van der Waals surface area contributed by atoms with Crippen molar-refractivity contribution in [2.24, 2.45) is 5.92 Å². The largest absolute Gasteiger partial charge is 0.294 e. The molecule has 1 aromatic carbocycles. The molecule has 1 rings (SSSR count). The quantitative estimate of drug-likeness (QED) is 0.563. The van der Waals surface area contributed by atoms with Crippen LogP contribution in [0.3, 0.4) is 0 Å². The van der Waals surface area contributed by atoms with E-state index in [1.807, 2.05) is 12.1 Å². The number of benzene rings is 1. The minimum Gasteiger partial charge on any atom is -0.294 e. The summed E-state index contributed by atoms with van der Waals surface area (Å²) in [6.45, 7) is 4.40. The molecule has 0 aliphatic carbocycles. The van der Waals surface area contributed by atoms with Crippen molar-refractivity contribution < 1.29 is 4.79 Å². The lowest BCUT2D eigenvalue weighted by atomic mass is 10.0. The molecule has 0 aliphatic heterocycles. The van der Waals surface area contributed by atoms with Crippen molar-refractivity contribution in [3.8, 4) is 0 Å². The Balaban J connectivity index is 2.64. The molecular weight excluding hydrogens is 220 g/mol. The molecule has 0 unspecified atom stereocenters. The van der Waals surface area contributed by atoms with Gasteiger partial charge in [0.1, 0.15) is 0 Å². The predicted octanol–water partition coefficient (Wildman–Crippen LogP) is 3.71. The third-order valence-corrected chi connectivity index (χ3v) is 2.48. The Labute approximate surface area is 102 Å². The van der Waals surface area contributed by atoms with Gasteiger partial charge in [-0.2, -0.15) is 0 Å². The standard InChI is InChI=1S/C14H17ClO/c1-11(2)9-13-5-3-12(4-6-13)7-8-14(16)10-15/h3-8,11H,9-10H2,1-2H3.